The zero-order chi connectivity index (χ0) is 11.8. The quantitative estimate of drug-likeness (QED) is 0.712. The van der Waals surface area contributed by atoms with E-state index in [0.29, 0.717) is 5.56 Å². The molecular weight excluding hydrogens is 424 g/mol. The molecule has 80 valence electrons. The van der Waals surface area contributed by atoms with E-state index < -0.39 is 40.1 Å². The fourth-order valence-electron chi connectivity index (χ4n) is 0.736. The molecule has 15 heavy (non-hydrogen) atoms. The predicted octanol–water partition coefficient (Wildman–Crippen LogP) is 1.24. The number of aromatic carboxylic acids is 1. The van der Waals surface area contributed by atoms with Crippen LogP contribution in [-0.2, 0) is 34.1 Å². The van der Waals surface area contributed by atoms with Crippen LogP contribution in [-0.4, -0.2) is 27.8 Å². The Morgan fingerprint density at radius 2 is 1.73 bits per heavy atom. The molecule has 0 unspecified atom stereocenters. The summed E-state index contributed by atoms with van der Waals surface area (Å²) in [6.45, 7) is 0. The van der Waals surface area contributed by atoms with Crippen molar-refractivity contribution in [1.29, 1.82) is 0 Å². The Labute approximate surface area is 107 Å². The first-order valence-electron chi connectivity index (χ1n) is 4.10. The fraction of sp³-hybridized carbons (Fsp3) is 0.222. The molecule has 0 aromatic heterocycles. The van der Waals surface area contributed by atoms with Crippen molar-refractivity contribution in [1.82, 2.24) is 0 Å². The van der Waals surface area contributed by atoms with Crippen LogP contribution in [0.5, 0.6) is 0 Å². The summed E-state index contributed by atoms with van der Waals surface area (Å²) in [5, 5.41) is 8.53. The number of hydrogen-bond donors (Lipinski definition) is 1. The molecular formula is C9H11ClHgO3S. The molecule has 0 spiro atoms. The number of carboxylic acids is 1. The average Bonchev–Trinajstić information content (AvgIpc) is 2.17. The maximum absolute atomic E-state index is 10.4. The maximum atomic E-state index is 10.4. The first-order chi connectivity index (χ1) is 6.97. The second-order valence-corrected chi connectivity index (χ2v) is 10.9. The van der Waals surface area contributed by atoms with E-state index in [0.717, 1.165) is 3.07 Å². The first kappa shape index (κ1) is 15.1. The SMILES string of the molecule is CS(C)=O.O=C(O)c1cc[c]([Hg][Cl])cc1. The van der Waals surface area contributed by atoms with Gasteiger partial charge in [0.2, 0.25) is 0 Å². The van der Waals surface area contributed by atoms with E-state index in [2.05, 4.69) is 0 Å². The molecule has 0 bridgehead atoms. The predicted molar refractivity (Wildman–Crippen MR) is 58.9 cm³/mol. The van der Waals surface area contributed by atoms with Gasteiger partial charge in [-0.2, -0.15) is 0 Å². The van der Waals surface area contributed by atoms with Crippen molar-refractivity contribution in [2.24, 2.45) is 0 Å². The molecule has 1 rings (SSSR count). The zero-order valence-electron chi connectivity index (χ0n) is 8.57. The van der Waals surface area contributed by atoms with Crippen molar-refractivity contribution < 1.29 is 37.4 Å². The molecule has 0 amide bonds. The Morgan fingerprint density at radius 3 is 2.00 bits per heavy atom. The van der Waals surface area contributed by atoms with Crippen LogP contribution in [0.3, 0.4) is 0 Å². The van der Waals surface area contributed by atoms with Gasteiger partial charge in [-0.3, -0.25) is 4.21 Å². The van der Waals surface area contributed by atoms with Crippen molar-refractivity contribution in [3.05, 3.63) is 29.8 Å². The van der Waals surface area contributed by atoms with Gasteiger partial charge in [0.25, 0.3) is 0 Å². The van der Waals surface area contributed by atoms with Gasteiger partial charge in [0.15, 0.2) is 0 Å². The zero-order valence-corrected chi connectivity index (χ0v) is 15.6. The van der Waals surface area contributed by atoms with Gasteiger partial charge in [0, 0.05) is 23.3 Å². The van der Waals surface area contributed by atoms with Crippen molar-refractivity contribution in [2.75, 3.05) is 12.5 Å². The van der Waals surface area contributed by atoms with Crippen molar-refractivity contribution in [2.45, 2.75) is 0 Å². The van der Waals surface area contributed by atoms with Crippen LogP contribution in [0.4, 0.5) is 0 Å². The number of rotatable bonds is 2. The molecule has 1 aromatic carbocycles. The van der Waals surface area contributed by atoms with Crippen molar-refractivity contribution in [3.8, 4) is 0 Å². The van der Waals surface area contributed by atoms with E-state index >= 15 is 0 Å². The van der Waals surface area contributed by atoms with Gasteiger partial charge in [0.1, 0.15) is 0 Å². The summed E-state index contributed by atoms with van der Waals surface area (Å²) < 4.78 is 10.7. The van der Waals surface area contributed by atoms with Crippen LogP contribution in [0.15, 0.2) is 24.3 Å². The second kappa shape index (κ2) is 8.24. The standard InChI is InChI=1S/C7H5O2.C2H6OS.ClH.Hg/c8-7(9)6-4-2-1-3-5-6;1-4(2)3;;/h2-5H,(H,8,9);1-2H3;1H;/q;;;+1/p-1. The molecule has 1 aromatic rings. The van der Waals surface area contributed by atoms with Gasteiger partial charge >= 0.3 is 80.4 Å². The van der Waals surface area contributed by atoms with Crippen molar-refractivity contribution in [3.63, 3.8) is 0 Å². The Morgan fingerprint density at radius 1 is 1.33 bits per heavy atom. The molecule has 1 N–H and O–H groups in total. The number of benzene rings is 1. The number of carboxylic acid groups (broad SMARTS) is 1. The van der Waals surface area contributed by atoms with Crippen LogP contribution < -0.4 is 3.07 Å². The van der Waals surface area contributed by atoms with Gasteiger partial charge < -0.3 is 0 Å². The molecule has 0 aliphatic heterocycles. The average molecular weight is 435 g/mol. The summed E-state index contributed by atoms with van der Waals surface area (Å²) in [4.78, 5) is 10.4. The normalized spacial score (nSPS) is 8.80. The molecule has 0 radical (unpaired) electrons. The Bertz CT molecular complexity index is 336. The number of carbonyl (C=O) groups is 1. The number of hydrogen-bond acceptors (Lipinski definition) is 2. The summed E-state index contributed by atoms with van der Waals surface area (Å²) in [5.41, 5.74) is 0.326. The summed E-state index contributed by atoms with van der Waals surface area (Å²) >= 11 is -1.32. The summed E-state index contributed by atoms with van der Waals surface area (Å²) in [7, 11) is 5.12. The van der Waals surface area contributed by atoms with Gasteiger partial charge in [-0.1, -0.05) is 0 Å². The topological polar surface area (TPSA) is 54.4 Å². The molecule has 0 saturated heterocycles. The van der Waals surface area contributed by atoms with E-state index in [1.807, 2.05) is 0 Å². The van der Waals surface area contributed by atoms with Gasteiger partial charge in [-0.05, 0) is 0 Å². The van der Waals surface area contributed by atoms with Crippen LogP contribution in [0.1, 0.15) is 10.4 Å². The molecule has 3 nitrogen and oxygen atoms in total. The van der Waals surface area contributed by atoms with E-state index in [-0.39, 0.29) is 0 Å². The number of halogens is 1. The Hall–Kier alpha value is 0.0651. The first-order valence-corrected chi connectivity index (χ1v) is 15.6. The third kappa shape index (κ3) is 7.93. The molecule has 0 aliphatic carbocycles. The van der Waals surface area contributed by atoms with Gasteiger partial charge in [-0.15, -0.1) is 0 Å². The molecule has 0 fully saturated rings. The van der Waals surface area contributed by atoms with Crippen LogP contribution in [0.25, 0.3) is 0 Å². The van der Waals surface area contributed by atoms with Crippen LogP contribution in [0.2, 0.25) is 0 Å². The summed E-state index contributed by atoms with van der Waals surface area (Å²) in [5.74, 6) is -0.886. The van der Waals surface area contributed by atoms with Gasteiger partial charge in [-0.25, -0.2) is 0 Å². The third-order valence-corrected chi connectivity index (χ3v) is 7.10. The van der Waals surface area contributed by atoms with Crippen LogP contribution in [0, 0.1) is 0 Å². The minimum absolute atomic E-state index is 0.326. The second-order valence-electron chi connectivity index (χ2n) is 2.88. The Balaban J connectivity index is 0.000000423. The van der Waals surface area contributed by atoms with Crippen molar-refractivity contribution >= 4 is 28.1 Å². The fourth-order valence-corrected chi connectivity index (χ4v) is 3.91. The van der Waals surface area contributed by atoms with E-state index in [1.165, 1.54) is 0 Å². The monoisotopic (exact) mass is 436 g/mol. The van der Waals surface area contributed by atoms with Gasteiger partial charge in [0.05, 0.1) is 0 Å². The summed E-state index contributed by atoms with van der Waals surface area (Å²) in [6.07, 6.45) is 3.28. The van der Waals surface area contributed by atoms with E-state index in [1.54, 1.807) is 36.8 Å². The minimum atomic E-state index is -1.32. The molecule has 0 heterocycles. The molecule has 6 heteroatoms. The molecule has 0 atom stereocenters. The molecule has 0 aliphatic rings. The molecule has 0 saturated carbocycles. The Kier molecular flexibility index (Phi) is 8.28. The summed E-state index contributed by atoms with van der Waals surface area (Å²) in [6, 6.07) is 6.80. The van der Waals surface area contributed by atoms with E-state index in [9.17, 15) is 9.00 Å². The third-order valence-electron chi connectivity index (χ3n) is 1.36. The van der Waals surface area contributed by atoms with E-state index in [4.69, 9.17) is 13.4 Å². The van der Waals surface area contributed by atoms with Crippen LogP contribution >= 0.6 is 8.25 Å².